The summed E-state index contributed by atoms with van der Waals surface area (Å²) in [5.74, 6) is -1.53. The molecule has 5 heteroatoms. The minimum atomic E-state index is -4.52. The van der Waals surface area contributed by atoms with E-state index < -0.39 is 24.1 Å². The van der Waals surface area contributed by atoms with Crippen molar-refractivity contribution < 1.29 is 23.1 Å². The van der Waals surface area contributed by atoms with Crippen LogP contribution in [0.25, 0.3) is 0 Å². The Kier molecular flexibility index (Phi) is 2.78. The minimum absolute atomic E-state index is 0.278. The average molecular weight is 203 g/mol. The normalized spacial score (nSPS) is 11.4. The molecule has 1 aromatic carbocycles. The van der Waals surface area contributed by atoms with E-state index in [1.807, 2.05) is 0 Å². The van der Waals surface area contributed by atoms with Crippen molar-refractivity contribution in [1.29, 1.82) is 0 Å². The number of halogens is 3. The molecule has 0 amide bonds. The molecule has 1 rings (SSSR count). The molecule has 0 bridgehead atoms. The Hall–Kier alpha value is -1.52. The summed E-state index contributed by atoms with van der Waals surface area (Å²) in [6.07, 6.45) is -5.25. The molecule has 1 aromatic rings. The molecule has 0 fully saturated rings. The largest absolute Gasteiger partial charge is 0.416 e. The van der Waals surface area contributed by atoms with Crippen LogP contribution in [0.4, 0.5) is 13.2 Å². The highest BCUT2D eigenvalue weighted by Gasteiger charge is 2.33. The summed E-state index contributed by atoms with van der Waals surface area (Å²) >= 11 is 0. The number of carbonyl (C=O) groups excluding carboxylic acids is 1. The molecule has 0 atom stereocenters. The lowest BCUT2D eigenvalue weighted by atomic mass is 10.0. The zero-order valence-electron chi connectivity index (χ0n) is 6.97. The standard InChI is InChI=1S/C9H6F3O2/c10-9(11,12)7-4-2-1-3-6(7)5-8(13)14/h1-4H,5H2. The Morgan fingerprint density at radius 1 is 1.21 bits per heavy atom. The van der Waals surface area contributed by atoms with Gasteiger partial charge in [-0.3, -0.25) is 0 Å². The van der Waals surface area contributed by atoms with Crippen LogP contribution in [0, 0.1) is 0 Å². The van der Waals surface area contributed by atoms with Gasteiger partial charge in [-0.25, -0.2) is 9.90 Å². The second-order valence-electron chi connectivity index (χ2n) is 2.70. The third-order valence-corrected chi connectivity index (χ3v) is 1.66. The van der Waals surface area contributed by atoms with E-state index in [1.165, 1.54) is 12.1 Å². The van der Waals surface area contributed by atoms with Crippen molar-refractivity contribution in [3.05, 3.63) is 35.4 Å². The van der Waals surface area contributed by atoms with Crippen molar-refractivity contribution in [2.24, 2.45) is 0 Å². The van der Waals surface area contributed by atoms with Crippen LogP contribution in [0.5, 0.6) is 0 Å². The van der Waals surface area contributed by atoms with E-state index in [0.717, 1.165) is 12.1 Å². The Balaban J connectivity index is 3.10. The van der Waals surface area contributed by atoms with Gasteiger partial charge in [-0.1, -0.05) is 18.2 Å². The maximum Gasteiger partial charge on any atom is 0.416 e. The van der Waals surface area contributed by atoms with Crippen LogP contribution < -0.4 is 0 Å². The predicted octanol–water partition coefficient (Wildman–Crippen LogP) is 2.21. The molecule has 0 aromatic heterocycles. The van der Waals surface area contributed by atoms with E-state index in [4.69, 9.17) is 0 Å². The van der Waals surface area contributed by atoms with Gasteiger partial charge in [-0.2, -0.15) is 13.2 Å². The molecule has 0 aliphatic heterocycles. The second-order valence-corrected chi connectivity index (χ2v) is 2.70. The van der Waals surface area contributed by atoms with Gasteiger partial charge in [0.1, 0.15) is 0 Å². The van der Waals surface area contributed by atoms with Gasteiger partial charge in [0.15, 0.2) is 0 Å². The first-order valence-corrected chi connectivity index (χ1v) is 3.76. The first kappa shape index (κ1) is 10.6. The van der Waals surface area contributed by atoms with E-state index >= 15 is 0 Å². The average Bonchev–Trinajstić information content (AvgIpc) is 2.01. The van der Waals surface area contributed by atoms with E-state index in [9.17, 15) is 23.1 Å². The minimum Gasteiger partial charge on any atom is -0.247 e. The Morgan fingerprint density at radius 2 is 1.79 bits per heavy atom. The quantitative estimate of drug-likeness (QED) is 0.725. The van der Waals surface area contributed by atoms with Crippen molar-refractivity contribution in [1.82, 2.24) is 0 Å². The lowest BCUT2D eigenvalue weighted by molar-refractivity contribution is -0.143. The van der Waals surface area contributed by atoms with Gasteiger partial charge in [0, 0.05) is 0 Å². The van der Waals surface area contributed by atoms with E-state index in [2.05, 4.69) is 0 Å². The van der Waals surface area contributed by atoms with Crippen molar-refractivity contribution in [2.45, 2.75) is 12.6 Å². The molecule has 75 valence electrons. The number of hydrogen-bond donors (Lipinski definition) is 0. The summed E-state index contributed by atoms with van der Waals surface area (Å²) in [7, 11) is 0. The monoisotopic (exact) mass is 203 g/mol. The summed E-state index contributed by atoms with van der Waals surface area (Å²) in [5.41, 5.74) is -1.20. The molecular weight excluding hydrogens is 197 g/mol. The van der Waals surface area contributed by atoms with Crippen LogP contribution in [0.15, 0.2) is 24.3 Å². The van der Waals surface area contributed by atoms with Gasteiger partial charge < -0.3 is 0 Å². The highest BCUT2D eigenvalue weighted by atomic mass is 19.4. The lowest BCUT2D eigenvalue weighted by Crippen LogP contribution is -2.11. The maximum absolute atomic E-state index is 12.3. The van der Waals surface area contributed by atoms with Gasteiger partial charge >= 0.3 is 12.1 Å². The van der Waals surface area contributed by atoms with Gasteiger partial charge in [0.2, 0.25) is 0 Å². The van der Waals surface area contributed by atoms with E-state index in [1.54, 1.807) is 0 Å². The highest BCUT2D eigenvalue weighted by molar-refractivity contribution is 5.70. The fourth-order valence-electron chi connectivity index (χ4n) is 1.11. The molecule has 0 saturated carbocycles. The Labute approximate surface area is 78.0 Å². The van der Waals surface area contributed by atoms with E-state index in [-0.39, 0.29) is 5.56 Å². The summed E-state index contributed by atoms with van der Waals surface area (Å²) in [6.45, 7) is 0. The first-order valence-electron chi connectivity index (χ1n) is 3.76. The number of alkyl halides is 3. The molecule has 14 heavy (non-hydrogen) atoms. The summed E-state index contributed by atoms with van der Waals surface area (Å²) in [5, 5.41) is 10.2. The number of benzene rings is 1. The van der Waals surface area contributed by atoms with Crippen molar-refractivity contribution in [3.8, 4) is 0 Å². The SMILES string of the molecule is [O]C(=O)Cc1ccccc1C(F)(F)F. The molecule has 1 radical (unpaired) electrons. The molecule has 0 heterocycles. The fourth-order valence-corrected chi connectivity index (χ4v) is 1.11. The number of hydrogen-bond acceptors (Lipinski definition) is 1. The summed E-state index contributed by atoms with van der Waals surface area (Å²) in [4.78, 5) is 10.2. The predicted molar refractivity (Wildman–Crippen MR) is 40.8 cm³/mol. The van der Waals surface area contributed by atoms with Gasteiger partial charge in [0.05, 0.1) is 12.0 Å². The summed E-state index contributed by atoms with van der Waals surface area (Å²) < 4.78 is 36.9. The lowest BCUT2D eigenvalue weighted by Gasteiger charge is -2.10. The van der Waals surface area contributed by atoms with Gasteiger partial charge in [0.25, 0.3) is 0 Å². The topological polar surface area (TPSA) is 37.0 Å². The molecule has 2 nitrogen and oxygen atoms in total. The summed E-state index contributed by atoms with van der Waals surface area (Å²) in [6, 6.07) is 4.53. The highest BCUT2D eigenvalue weighted by Crippen LogP contribution is 2.31. The smallest absolute Gasteiger partial charge is 0.247 e. The molecular formula is C9H6F3O2. The zero-order valence-corrected chi connectivity index (χ0v) is 6.97. The third kappa shape index (κ3) is 2.48. The fraction of sp³-hybridized carbons (Fsp3) is 0.222. The second kappa shape index (κ2) is 3.69. The van der Waals surface area contributed by atoms with Crippen LogP contribution in [0.3, 0.4) is 0 Å². The zero-order chi connectivity index (χ0) is 10.8. The van der Waals surface area contributed by atoms with Gasteiger partial charge in [-0.05, 0) is 11.6 Å². The van der Waals surface area contributed by atoms with E-state index in [0.29, 0.717) is 0 Å². The Morgan fingerprint density at radius 3 is 2.29 bits per heavy atom. The van der Waals surface area contributed by atoms with Crippen LogP contribution >= 0.6 is 0 Å². The van der Waals surface area contributed by atoms with Crippen LogP contribution in [-0.2, 0) is 22.5 Å². The van der Waals surface area contributed by atoms with Gasteiger partial charge in [-0.15, -0.1) is 0 Å². The molecule has 0 unspecified atom stereocenters. The molecule has 0 N–H and O–H groups in total. The molecule has 0 spiro atoms. The van der Waals surface area contributed by atoms with Crippen LogP contribution in [0.2, 0.25) is 0 Å². The van der Waals surface area contributed by atoms with Crippen molar-refractivity contribution in [3.63, 3.8) is 0 Å². The van der Waals surface area contributed by atoms with Crippen molar-refractivity contribution >= 4 is 5.97 Å². The number of rotatable bonds is 2. The first-order chi connectivity index (χ1) is 6.41. The molecule has 0 saturated heterocycles. The molecule has 0 aliphatic rings. The maximum atomic E-state index is 12.3. The van der Waals surface area contributed by atoms with Crippen molar-refractivity contribution in [2.75, 3.05) is 0 Å². The van der Waals surface area contributed by atoms with Crippen LogP contribution in [-0.4, -0.2) is 5.97 Å². The number of carbonyl (C=O) groups is 1. The van der Waals surface area contributed by atoms with Crippen LogP contribution in [0.1, 0.15) is 11.1 Å². The third-order valence-electron chi connectivity index (χ3n) is 1.66. The molecule has 0 aliphatic carbocycles. The Bertz CT molecular complexity index is 344.